The van der Waals surface area contributed by atoms with Gasteiger partial charge in [-0.05, 0) is 26.0 Å². The summed E-state index contributed by atoms with van der Waals surface area (Å²) in [6.07, 6.45) is -2.53. The van der Waals surface area contributed by atoms with Crippen molar-refractivity contribution in [3.05, 3.63) is 41.7 Å². The number of alkyl halides is 3. The first-order chi connectivity index (χ1) is 11.4. The number of halogens is 3. The molecule has 6 nitrogen and oxygen atoms in total. The van der Waals surface area contributed by atoms with Crippen LogP contribution in [0.1, 0.15) is 18.2 Å². The van der Waals surface area contributed by atoms with Crippen molar-refractivity contribution in [3.63, 3.8) is 0 Å². The van der Waals surface area contributed by atoms with E-state index >= 15 is 0 Å². The van der Waals surface area contributed by atoms with Gasteiger partial charge in [0.15, 0.2) is 21.3 Å². The predicted octanol–water partition coefficient (Wildman–Crippen LogP) is 2.99. The van der Waals surface area contributed by atoms with E-state index in [1.165, 1.54) is 19.1 Å². The summed E-state index contributed by atoms with van der Waals surface area (Å²) in [4.78, 5) is 3.90. The van der Waals surface area contributed by atoms with Gasteiger partial charge in [0.25, 0.3) is 0 Å². The highest BCUT2D eigenvalue weighted by atomic mass is 32.2. The molecule has 10 heteroatoms. The van der Waals surface area contributed by atoms with Crippen LogP contribution in [-0.2, 0) is 16.0 Å². The third-order valence-corrected chi connectivity index (χ3v) is 4.41. The van der Waals surface area contributed by atoms with Gasteiger partial charge in [-0.1, -0.05) is 12.2 Å². The van der Waals surface area contributed by atoms with Crippen molar-refractivity contribution in [3.8, 4) is 5.82 Å². The maximum absolute atomic E-state index is 13.2. The molecule has 0 unspecified atom stereocenters. The molecule has 0 spiro atoms. The van der Waals surface area contributed by atoms with Crippen LogP contribution in [0.25, 0.3) is 5.82 Å². The van der Waals surface area contributed by atoms with E-state index in [0.717, 1.165) is 22.7 Å². The Balaban J connectivity index is 2.57. The molecule has 2 heterocycles. The van der Waals surface area contributed by atoms with E-state index in [2.05, 4.69) is 22.0 Å². The zero-order chi connectivity index (χ0) is 19.0. The van der Waals surface area contributed by atoms with E-state index in [-0.39, 0.29) is 28.6 Å². The van der Waals surface area contributed by atoms with Gasteiger partial charge < -0.3 is 5.32 Å². The van der Waals surface area contributed by atoms with Crippen molar-refractivity contribution in [1.82, 2.24) is 14.8 Å². The molecule has 2 aromatic heterocycles. The minimum atomic E-state index is -4.62. The standard InChI is InChI=1S/C15H17F3N4O2S/c1-9(2)7-20-14-10(3)13(15(16,17)18)21-22(14)12-6-5-11(8-19-12)25(4,23)24/h5-6,8,20H,1,7H2,2-4H3. The van der Waals surface area contributed by atoms with Crippen LogP contribution in [0.5, 0.6) is 0 Å². The molecule has 1 N–H and O–H groups in total. The fourth-order valence-electron chi connectivity index (χ4n) is 2.09. The molecule has 2 rings (SSSR count). The zero-order valence-corrected chi connectivity index (χ0v) is 14.7. The van der Waals surface area contributed by atoms with Crippen molar-refractivity contribution in [1.29, 1.82) is 0 Å². The smallest absolute Gasteiger partial charge is 0.366 e. The lowest BCUT2D eigenvalue weighted by Crippen LogP contribution is -2.10. The maximum Gasteiger partial charge on any atom is 0.435 e. The molecule has 2 aromatic rings. The molecular formula is C15H17F3N4O2S. The second kappa shape index (κ2) is 6.51. The predicted molar refractivity (Wildman–Crippen MR) is 87.5 cm³/mol. The largest absolute Gasteiger partial charge is 0.435 e. The van der Waals surface area contributed by atoms with E-state index in [1.54, 1.807) is 6.92 Å². The average Bonchev–Trinajstić information content (AvgIpc) is 2.81. The van der Waals surface area contributed by atoms with Gasteiger partial charge in [0.2, 0.25) is 0 Å². The van der Waals surface area contributed by atoms with Gasteiger partial charge in [0.1, 0.15) is 5.82 Å². The molecule has 0 aliphatic rings. The third kappa shape index (κ3) is 4.19. The summed E-state index contributed by atoms with van der Waals surface area (Å²) in [6, 6.07) is 2.57. The number of sulfone groups is 1. The highest BCUT2D eigenvalue weighted by Crippen LogP contribution is 2.35. The molecule has 0 saturated heterocycles. The van der Waals surface area contributed by atoms with Gasteiger partial charge in [-0.15, -0.1) is 0 Å². The first-order valence-corrected chi connectivity index (χ1v) is 9.02. The number of pyridine rings is 1. The molecule has 0 amide bonds. The molecule has 0 atom stereocenters. The fraction of sp³-hybridized carbons (Fsp3) is 0.333. The number of anilines is 1. The quantitative estimate of drug-likeness (QED) is 0.814. The molecular weight excluding hydrogens is 357 g/mol. The van der Waals surface area contributed by atoms with Crippen LogP contribution in [0.4, 0.5) is 19.0 Å². The Kier molecular flexibility index (Phi) is 4.94. The molecule has 0 bridgehead atoms. The Bertz CT molecular complexity index is 900. The molecule has 0 saturated carbocycles. The van der Waals surface area contributed by atoms with E-state index in [4.69, 9.17) is 0 Å². The molecule has 136 valence electrons. The lowest BCUT2D eigenvalue weighted by atomic mass is 10.2. The van der Waals surface area contributed by atoms with Crippen LogP contribution in [0.3, 0.4) is 0 Å². The molecule has 0 aromatic carbocycles. The van der Waals surface area contributed by atoms with Gasteiger partial charge in [0.05, 0.1) is 4.90 Å². The summed E-state index contributed by atoms with van der Waals surface area (Å²) >= 11 is 0. The Labute approximate surface area is 143 Å². The second-order valence-corrected chi connectivity index (χ2v) is 7.68. The minimum absolute atomic E-state index is 0.0346. The zero-order valence-electron chi connectivity index (χ0n) is 13.8. The van der Waals surface area contributed by atoms with Crippen LogP contribution < -0.4 is 5.32 Å². The van der Waals surface area contributed by atoms with Gasteiger partial charge >= 0.3 is 6.18 Å². The van der Waals surface area contributed by atoms with Crippen molar-refractivity contribution >= 4 is 15.7 Å². The molecule has 0 aliphatic carbocycles. The normalized spacial score (nSPS) is 12.2. The summed E-state index contributed by atoms with van der Waals surface area (Å²) in [5.74, 6) is 0.185. The third-order valence-electron chi connectivity index (χ3n) is 3.31. The van der Waals surface area contributed by atoms with Gasteiger partial charge in [0, 0.05) is 24.6 Å². The van der Waals surface area contributed by atoms with E-state index in [9.17, 15) is 21.6 Å². The van der Waals surface area contributed by atoms with Crippen molar-refractivity contribution < 1.29 is 21.6 Å². The number of nitrogens with one attached hydrogen (secondary N) is 1. The van der Waals surface area contributed by atoms with Crippen LogP contribution in [0, 0.1) is 6.92 Å². The molecule has 0 fully saturated rings. The average molecular weight is 374 g/mol. The Morgan fingerprint density at radius 3 is 2.44 bits per heavy atom. The van der Waals surface area contributed by atoms with Gasteiger partial charge in [-0.3, -0.25) is 0 Å². The molecule has 0 radical (unpaired) electrons. The van der Waals surface area contributed by atoms with E-state index < -0.39 is 21.7 Å². The summed E-state index contributed by atoms with van der Waals surface area (Å²) in [5.41, 5.74) is -0.394. The van der Waals surface area contributed by atoms with E-state index in [1.807, 2.05) is 0 Å². The number of hydrogen-bond donors (Lipinski definition) is 1. The first kappa shape index (κ1) is 19.0. The maximum atomic E-state index is 13.2. The van der Waals surface area contributed by atoms with Crippen LogP contribution in [-0.4, -0.2) is 36.0 Å². The van der Waals surface area contributed by atoms with Crippen molar-refractivity contribution in [2.45, 2.75) is 24.9 Å². The number of rotatable bonds is 5. The lowest BCUT2D eigenvalue weighted by Gasteiger charge is -2.10. The summed E-state index contributed by atoms with van der Waals surface area (Å²) in [6.45, 7) is 6.99. The minimum Gasteiger partial charge on any atom is -0.366 e. The highest BCUT2D eigenvalue weighted by Gasteiger charge is 2.38. The fourth-order valence-corrected chi connectivity index (χ4v) is 2.65. The van der Waals surface area contributed by atoms with E-state index in [0.29, 0.717) is 0 Å². The molecule has 0 aliphatic heterocycles. The number of hydrogen-bond acceptors (Lipinski definition) is 5. The van der Waals surface area contributed by atoms with Gasteiger partial charge in [-0.2, -0.15) is 23.0 Å². The van der Waals surface area contributed by atoms with Gasteiger partial charge in [-0.25, -0.2) is 13.4 Å². The monoisotopic (exact) mass is 374 g/mol. The van der Waals surface area contributed by atoms with Crippen molar-refractivity contribution in [2.75, 3.05) is 18.1 Å². The molecule has 25 heavy (non-hydrogen) atoms. The SMILES string of the molecule is C=C(C)CNc1c(C)c(C(F)(F)F)nn1-c1ccc(S(C)(=O)=O)cn1. The summed E-state index contributed by atoms with van der Waals surface area (Å²) in [5, 5.41) is 6.47. The van der Waals surface area contributed by atoms with Crippen LogP contribution in [0.2, 0.25) is 0 Å². The lowest BCUT2D eigenvalue weighted by molar-refractivity contribution is -0.141. The summed E-state index contributed by atoms with van der Waals surface area (Å²) < 4.78 is 63.4. The highest BCUT2D eigenvalue weighted by molar-refractivity contribution is 7.90. The van der Waals surface area contributed by atoms with Crippen LogP contribution in [0.15, 0.2) is 35.4 Å². The van der Waals surface area contributed by atoms with Crippen molar-refractivity contribution in [2.24, 2.45) is 0 Å². The first-order valence-electron chi connectivity index (χ1n) is 7.13. The number of nitrogens with zero attached hydrogens (tertiary/aromatic N) is 3. The Morgan fingerprint density at radius 1 is 1.36 bits per heavy atom. The van der Waals surface area contributed by atoms with Crippen LogP contribution >= 0.6 is 0 Å². The second-order valence-electron chi connectivity index (χ2n) is 5.67. The summed E-state index contributed by atoms with van der Waals surface area (Å²) in [7, 11) is -3.46. The Hall–Kier alpha value is -2.36. The topological polar surface area (TPSA) is 76.9 Å². The number of aromatic nitrogens is 3. The Morgan fingerprint density at radius 2 is 2.00 bits per heavy atom.